The highest BCUT2D eigenvalue weighted by atomic mass is 79.9. The molecule has 0 aliphatic heterocycles. The standard InChI is InChI=1S/C8H11BrN2O2S/c9-5-3-10-8(11-4-5)7(13)6(12)1-2-14/h3-4,6-7,12-14H,1-2H2. The zero-order valence-corrected chi connectivity index (χ0v) is 9.82. The van der Waals surface area contributed by atoms with Gasteiger partial charge in [0.05, 0.1) is 10.6 Å². The Kier molecular flexibility index (Phi) is 4.80. The fourth-order valence-corrected chi connectivity index (χ4v) is 1.41. The minimum absolute atomic E-state index is 0.225. The monoisotopic (exact) mass is 278 g/mol. The molecule has 2 atom stereocenters. The van der Waals surface area contributed by atoms with Gasteiger partial charge in [-0.2, -0.15) is 12.6 Å². The van der Waals surface area contributed by atoms with Gasteiger partial charge in [-0.05, 0) is 28.1 Å². The molecule has 2 N–H and O–H groups in total. The highest BCUT2D eigenvalue weighted by Gasteiger charge is 2.19. The first kappa shape index (κ1) is 11.9. The quantitative estimate of drug-likeness (QED) is 0.718. The molecular weight excluding hydrogens is 268 g/mol. The molecule has 4 nitrogen and oxygen atoms in total. The first-order valence-corrected chi connectivity index (χ1v) is 5.52. The van der Waals surface area contributed by atoms with E-state index in [1.807, 2.05) is 0 Å². The molecule has 14 heavy (non-hydrogen) atoms. The molecular formula is C8H11BrN2O2S. The summed E-state index contributed by atoms with van der Waals surface area (Å²) in [6.45, 7) is 0. The van der Waals surface area contributed by atoms with E-state index < -0.39 is 12.2 Å². The van der Waals surface area contributed by atoms with Crippen LogP contribution in [0.4, 0.5) is 0 Å². The van der Waals surface area contributed by atoms with Crippen LogP contribution in [0.15, 0.2) is 16.9 Å². The number of halogens is 1. The van der Waals surface area contributed by atoms with Crippen LogP contribution in [0.1, 0.15) is 18.3 Å². The third-order valence-corrected chi connectivity index (χ3v) is 2.36. The van der Waals surface area contributed by atoms with E-state index in [1.54, 1.807) is 0 Å². The Morgan fingerprint density at radius 2 is 1.93 bits per heavy atom. The molecule has 0 aliphatic carbocycles. The third kappa shape index (κ3) is 3.20. The number of hydrogen-bond donors (Lipinski definition) is 3. The number of rotatable bonds is 4. The van der Waals surface area contributed by atoms with Crippen molar-refractivity contribution >= 4 is 28.6 Å². The minimum Gasteiger partial charge on any atom is -0.390 e. The van der Waals surface area contributed by atoms with Gasteiger partial charge in [-0.3, -0.25) is 0 Å². The van der Waals surface area contributed by atoms with Crippen LogP contribution in [0.3, 0.4) is 0 Å². The Balaban J connectivity index is 2.68. The molecule has 0 bridgehead atoms. The average Bonchev–Trinajstić information content (AvgIpc) is 2.18. The van der Waals surface area contributed by atoms with Crippen LogP contribution in [-0.4, -0.2) is 32.0 Å². The van der Waals surface area contributed by atoms with Gasteiger partial charge < -0.3 is 10.2 Å². The number of hydrogen-bond acceptors (Lipinski definition) is 5. The molecule has 1 heterocycles. The third-order valence-electron chi connectivity index (χ3n) is 1.69. The van der Waals surface area contributed by atoms with Crippen molar-refractivity contribution in [2.45, 2.75) is 18.6 Å². The van der Waals surface area contributed by atoms with Gasteiger partial charge in [0.2, 0.25) is 0 Å². The van der Waals surface area contributed by atoms with Crippen LogP contribution in [0, 0.1) is 0 Å². The first-order chi connectivity index (χ1) is 6.65. The number of aliphatic hydroxyl groups is 2. The second-order valence-electron chi connectivity index (χ2n) is 2.78. The molecule has 0 saturated heterocycles. The first-order valence-electron chi connectivity index (χ1n) is 4.09. The lowest BCUT2D eigenvalue weighted by atomic mass is 10.1. The Hall–Kier alpha value is -0.170. The van der Waals surface area contributed by atoms with E-state index in [2.05, 4.69) is 38.5 Å². The molecule has 0 spiro atoms. The largest absolute Gasteiger partial charge is 0.390 e. The lowest BCUT2D eigenvalue weighted by molar-refractivity contribution is 0.0119. The Morgan fingerprint density at radius 3 is 2.43 bits per heavy atom. The fraction of sp³-hybridized carbons (Fsp3) is 0.500. The molecule has 1 aromatic rings. The molecule has 2 unspecified atom stereocenters. The SMILES string of the molecule is OC(CCS)C(O)c1ncc(Br)cn1. The van der Waals surface area contributed by atoms with E-state index in [4.69, 9.17) is 0 Å². The van der Waals surface area contributed by atoms with Gasteiger partial charge >= 0.3 is 0 Å². The molecule has 0 radical (unpaired) electrons. The summed E-state index contributed by atoms with van der Waals surface area (Å²) in [5.74, 6) is 0.733. The maximum atomic E-state index is 9.59. The van der Waals surface area contributed by atoms with Crippen molar-refractivity contribution < 1.29 is 10.2 Å². The maximum absolute atomic E-state index is 9.59. The Labute approximate surface area is 95.9 Å². The Bertz CT molecular complexity index is 283. The molecule has 1 aromatic heterocycles. The summed E-state index contributed by atoms with van der Waals surface area (Å²) < 4.78 is 0.733. The summed E-state index contributed by atoms with van der Waals surface area (Å²) in [6, 6.07) is 0. The van der Waals surface area contributed by atoms with Crippen molar-refractivity contribution in [2.24, 2.45) is 0 Å². The summed E-state index contributed by atoms with van der Waals surface area (Å²) in [4.78, 5) is 7.78. The second-order valence-corrected chi connectivity index (χ2v) is 4.15. The Morgan fingerprint density at radius 1 is 1.36 bits per heavy atom. The van der Waals surface area contributed by atoms with Gasteiger partial charge in [-0.25, -0.2) is 9.97 Å². The number of nitrogens with zero attached hydrogens (tertiary/aromatic N) is 2. The van der Waals surface area contributed by atoms with E-state index in [0.29, 0.717) is 12.2 Å². The van der Waals surface area contributed by atoms with Gasteiger partial charge in [-0.15, -0.1) is 0 Å². The lowest BCUT2D eigenvalue weighted by Gasteiger charge is -2.15. The number of aromatic nitrogens is 2. The highest BCUT2D eigenvalue weighted by Crippen LogP contribution is 2.16. The zero-order valence-electron chi connectivity index (χ0n) is 7.34. The van der Waals surface area contributed by atoms with Gasteiger partial charge in [0.1, 0.15) is 6.10 Å². The lowest BCUT2D eigenvalue weighted by Crippen LogP contribution is -2.20. The predicted octanol–water partition coefficient (Wildman–Crippen LogP) is 0.953. The molecule has 78 valence electrons. The van der Waals surface area contributed by atoms with Crippen LogP contribution < -0.4 is 0 Å². The van der Waals surface area contributed by atoms with Crippen molar-refractivity contribution in [3.63, 3.8) is 0 Å². The molecule has 6 heteroatoms. The summed E-state index contributed by atoms with van der Waals surface area (Å²) in [5, 5.41) is 19.0. The van der Waals surface area contributed by atoms with Crippen LogP contribution in [0.5, 0.6) is 0 Å². The topological polar surface area (TPSA) is 66.2 Å². The van der Waals surface area contributed by atoms with Crippen molar-refractivity contribution in [3.8, 4) is 0 Å². The molecule has 0 saturated carbocycles. The molecule has 0 fully saturated rings. The maximum Gasteiger partial charge on any atom is 0.159 e. The summed E-state index contributed by atoms with van der Waals surface area (Å²) in [6.07, 6.45) is 1.55. The molecule has 0 aliphatic rings. The molecule has 0 amide bonds. The van der Waals surface area contributed by atoms with Gasteiger partial charge in [0.15, 0.2) is 5.82 Å². The minimum atomic E-state index is -1.05. The van der Waals surface area contributed by atoms with Gasteiger partial charge in [0.25, 0.3) is 0 Å². The average molecular weight is 279 g/mol. The number of aliphatic hydroxyl groups excluding tert-OH is 2. The van der Waals surface area contributed by atoms with Crippen LogP contribution in [0.2, 0.25) is 0 Å². The van der Waals surface area contributed by atoms with Crippen molar-refractivity contribution in [2.75, 3.05) is 5.75 Å². The molecule has 0 aromatic carbocycles. The molecule has 1 rings (SSSR count). The van der Waals surface area contributed by atoms with E-state index in [1.165, 1.54) is 12.4 Å². The summed E-state index contributed by atoms with van der Waals surface area (Å²) in [5.41, 5.74) is 0. The van der Waals surface area contributed by atoms with Crippen LogP contribution in [-0.2, 0) is 0 Å². The summed E-state index contributed by atoms with van der Waals surface area (Å²) in [7, 11) is 0. The fourth-order valence-electron chi connectivity index (χ4n) is 0.937. The van der Waals surface area contributed by atoms with Crippen molar-refractivity contribution in [3.05, 3.63) is 22.7 Å². The second kappa shape index (κ2) is 5.65. The summed E-state index contributed by atoms with van der Waals surface area (Å²) >= 11 is 7.14. The highest BCUT2D eigenvalue weighted by molar-refractivity contribution is 9.10. The normalized spacial score (nSPS) is 15.1. The smallest absolute Gasteiger partial charge is 0.159 e. The van der Waals surface area contributed by atoms with E-state index in [9.17, 15) is 10.2 Å². The van der Waals surface area contributed by atoms with Crippen LogP contribution in [0.25, 0.3) is 0 Å². The van der Waals surface area contributed by atoms with E-state index in [0.717, 1.165) is 4.47 Å². The number of thiol groups is 1. The van der Waals surface area contributed by atoms with E-state index in [-0.39, 0.29) is 5.82 Å². The van der Waals surface area contributed by atoms with Crippen molar-refractivity contribution in [1.82, 2.24) is 9.97 Å². The predicted molar refractivity (Wildman–Crippen MR) is 59.2 cm³/mol. The van der Waals surface area contributed by atoms with Gasteiger partial charge in [0, 0.05) is 12.4 Å². The van der Waals surface area contributed by atoms with Crippen LogP contribution >= 0.6 is 28.6 Å². The van der Waals surface area contributed by atoms with Crippen molar-refractivity contribution in [1.29, 1.82) is 0 Å². The van der Waals surface area contributed by atoms with E-state index >= 15 is 0 Å². The van der Waals surface area contributed by atoms with Gasteiger partial charge in [-0.1, -0.05) is 0 Å². The zero-order chi connectivity index (χ0) is 10.6.